The summed E-state index contributed by atoms with van der Waals surface area (Å²) in [4.78, 5) is 0.122. The fraction of sp³-hybridized carbons (Fsp3) is 0.294. The Bertz CT molecular complexity index is 624. The van der Waals surface area contributed by atoms with Crippen molar-refractivity contribution in [2.75, 3.05) is 6.61 Å². The molecule has 2 aromatic carbocycles. The second kappa shape index (κ2) is 5.49. The second-order valence-corrected chi connectivity index (χ2v) is 6.16. The highest BCUT2D eigenvalue weighted by Crippen LogP contribution is 2.38. The van der Waals surface area contributed by atoms with Crippen molar-refractivity contribution in [1.82, 2.24) is 0 Å². The molecule has 0 spiro atoms. The molecule has 20 heavy (non-hydrogen) atoms. The Labute approximate surface area is 127 Å². The summed E-state index contributed by atoms with van der Waals surface area (Å²) in [6.45, 7) is 4.80. The van der Waals surface area contributed by atoms with Gasteiger partial charge < -0.3 is 9.47 Å². The summed E-state index contributed by atoms with van der Waals surface area (Å²) in [5.41, 5.74) is 3.80. The Hall–Kier alpha value is -1.48. The van der Waals surface area contributed by atoms with Crippen LogP contribution in [0.25, 0.3) is 0 Å². The minimum Gasteiger partial charge on any atom is -0.486 e. The molecule has 104 valence electrons. The zero-order chi connectivity index (χ0) is 14.1. The van der Waals surface area contributed by atoms with E-state index in [9.17, 15) is 0 Å². The van der Waals surface area contributed by atoms with Gasteiger partial charge in [0, 0.05) is 0 Å². The zero-order valence-corrected chi connectivity index (χ0v) is 13.2. The summed E-state index contributed by atoms with van der Waals surface area (Å²) < 4.78 is 11.8. The predicted molar refractivity (Wildman–Crippen MR) is 83.9 cm³/mol. The summed E-state index contributed by atoms with van der Waals surface area (Å²) in [6, 6.07) is 14.3. The van der Waals surface area contributed by atoms with E-state index < -0.39 is 0 Å². The molecule has 2 atom stereocenters. The Kier molecular flexibility index (Phi) is 3.70. The van der Waals surface area contributed by atoms with Gasteiger partial charge in [-0.1, -0.05) is 51.8 Å². The first-order valence-corrected chi connectivity index (χ1v) is 7.66. The largest absolute Gasteiger partial charge is 0.486 e. The van der Waals surface area contributed by atoms with Crippen molar-refractivity contribution in [3.63, 3.8) is 0 Å². The summed E-state index contributed by atoms with van der Waals surface area (Å²) in [7, 11) is 0. The number of hydrogen-bond acceptors (Lipinski definition) is 2. The number of halogens is 1. The van der Waals surface area contributed by atoms with Crippen molar-refractivity contribution in [3.05, 3.63) is 59.2 Å². The van der Waals surface area contributed by atoms with Gasteiger partial charge in [-0.2, -0.15) is 0 Å². The van der Waals surface area contributed by atoms with E-state index in [-0.39, 0.29) is 10.9 Å². The van der Waals surface area contributed by atoms with E-state index in [4.69, 9.17) is 9.47 Å². The molecule has 0 amide bonds. The molecule has 0 N–H and O–H groups in total. The Morgan fingerprint density at radius 2 is 1.85 bits per heavy atom. The molecule has 1 heterocycles. The van der Waals surface area contributed by atoms with E-state index in [1.54, 1.807) is 0 Å². The van der Waals surface area contributed by atoms with Crippen molar-refractivity contribution < 1.29 is 9.47 Å². The van der Waals surface area contributed by atoms with Crippen LogP contribution in [-0.2, 0) is 0 Å². The second-order valence-electron chi connectivity index (χ2n) is 5.18. The van der Waals surface area contributed by atoms with E-state index in [0.29, 0.717) is 6.61 Å². The summed E-state index contributed by atoms with van der Waals surface area (Å²) in [5, 5.41) is 0. The highest BCUT2D eigenvalue weighted by molar-refractivity contribution is 9.09. The molecule has 2 aromatic rings. The number of fused-ring (bicyclic) bond motifs is 1. The molecule has 2 nitrogen and oxygen atoms in total. The maximum Gasteiger partial charge on any atom is 0.161 e. The molecule has 0 aromatic heterocycles. The zero-order valence-electron chi connectivity index (χ0n) is 11.6. The SMILES string of the molecule is Cc1ccc(C(Br)C2COc3ccccc3O2)c(C)c1. The van der Waals surface area contributed by atoms with Crippen LogP contribution in [0.2, 0.25) is 0 Å². The molecule has 2 unspecified atom stereocenters. The topological polar surface area (TPSA) is 18.5 Å². The molecule has 0 saturated heterocycles. The molecule has 0 bridgehead atoms. The van der Waals surface area contributed by atoms with Gasteiger partial charge in [0.1, 0.15) is 12.7 Å². The van der Waals surface area contributed by atoms with Crippen LogP contribution in [0.4, 0.5) is 0 Å². The summed E-state index contributed by atoms with van der Waals surface area (Å²) in [6.07, 6.45) is -0.0219. The summed E-state index contributed by atoms with van der Waals surface area (Å²) >= 11 is 3.77. The number of ether oxygens (including phenoxy) is 2. The van der Waals surface area contributed by atoms with Crippen molar-refractivity contribution in [2.45, 2.75) is 24.8 Å². The molecule has 1 aliphatic rings. The van der Waals surface area contributed by atoms with Gasteiger partial charge in [-0.25, -0.2) is 0 Å². The number of alkyl halides is 1. The fourth-order valence-electron chi connectivity index (χ4n) is 2.52. The van der Waals surface area contributed by atoms with Gasteiger partial charge in [0.25, 0.3) is 0 Å². The molecular formula is C17H17BrO2. The van der Waals surface area contributed by atoms with E-state index >= 15 is 0 Å². The summed E-state index contributed by atoms with van der Waals surface area (Å²) in [5.74, 6) is 1.64. The van der Waals surface area contributed by atoms with E-state index in [1.807, 2.05) is 24.3 Å². The average molecular weight is 333 g/mol. The van der Waals surface area contributed by atoms with Gasteiger partial charge in [-0.15, -0.1) is 0 Å². The van der Waals surface area contributed by atoms with Gasteiger partial charge in [-0.05, 0) is 37.1 Å². The van der Waals surface area contributed by atoms with Gasteiger partial charge in [0.15, 0.2) is 11.5 Å². The highest BCUT2D eigenvalue weighted by Gasteiger charge is 2.29. The molecule has 0 saturated carbocycles. The van der Waals surface area contributed by atoms with Crippen molar-refractivity contribution in [1.29, 1.82) is 0 Å². The molecule has 3 heteroatoms. The van der Waals surface area contributed by atoms with E-state index in [0.717, 1.165) is 11.5 Å². The minimum atomic E-state index is -0.0219. The van der Waals surface area contributed by atoms with Crippen LogP contribution in [0.3, 0.4) is 0 Å². The fourth-order valence-corrected chi connectivity index (χ4v) is 3.29. The predicted octanol–water partition coefficient (Wildman–Crippen LogP) is 4.58. The molecule has 0 fully saturated rings. The molecular weight excluding hydrogens is 316 g/mol. The van der Waals surface area contributed by atoms with Crippen LogP contribution in [0, 0.1) is 13.8 Å². The van der Waals surface area contributed by atoms with Crippen LogP contribution in [0.5, 0.6) is 11.5 Å². The maximum absolute atomic E-state index is 6.06. The van der Waals surface area contributed by atoms with Gasteiger partial charge in [-0.3, -0.25) is 0 Å². The van der Waals surface area contributed by atoms with Crippen molar-refractivity contribution in [3.8, 4) is 11.5 Å². The quantitative estimate of drug-likeness (QED) is 0.749. The van der Waals surface area contributed by atoms with Gasteiger partial charge in [0.2, 0.25) is 0 Å². The van der Waals surface area contributed by atoms with Crippen molar-refractivity contribution in [2.24, 2.45) is 0 Å². The standard InChI is InChI=1S/C17H17BrO2/c1-11-7-8-13(12(2)9-11)17(18)16-10-19-14-5-3-4-6-15(14)20-16/h3-9,16-17H,10H2,1-2H3. The van der Waals surface area contributed by atoms with Crippen molar-refractivity contribution >= 4 is 15.9 Å². The molecule has 3 rings (SSSR count). The maximum atomic E-state index is 6.06. The number of hydrogen-bond donors (Lipinski definition) is 0. The number of aryl methyl sites for hydroxylation is 2. The smallest absolute Gasteiger partial charge is 0.161 e. The lowest BCUT2D eigenvalue weighted by atomic mass is 10.00. The van der Waals surface area contributed by atoms with E-state index in [1.165, 1.54) is 16.7 Å². The van der Waals surface area contributed by atoms with Crippen LogP contribution in [0.1, 0.15) is 21.5 Å². The molecule has 1 aliphatic heterocycles. The first kappa shape index (κ1) is 13.5. The lowest BCUT2D eigenvalue weighted by Crippen LogP contribution is -2.32. The highest BCUT2D eigenvalue weighted by atomic mass is 79.9. The monoisotopic (exact) mass is 332 g/mol. The lowest BCUT2D eigenvalue weighted by Gasteiger charge is -2.30. The van der Waals surface area contributed by atoms with Crippen LogP contribution >= 0.6 is 15.9 Å². The van der Waals surface area contributed by atoms with Gasteiger partial charge >= 0.3 is 0 Å². The number of para-hydroxylation sites is 2. The third-order valence-corrected chi connectivity index (χ3v) is 4.66. The Morgan fingerprint density at radius 1 is 1.10 bits per heavy atom. The molecule has 0 radical (unpaired) electrons. The van der Waals surface area contributed by atoms with Crippen LogP contribution in [0.15, 0.2) is 42.5 Å². The normalized spacial score (nSPS) is 18.6. The lowest BCUT2D eigenvalue weighted by molar-refractivity contribution is 0.0903. The third kappa shape index (κ3) is 2.55. The number of benzene rings is 2. The first-order chi connectivity index (χ1) is 9.65. The van der Waals surface area contributed by atoms with E-state index in [2.05, 4.69) is 48.0 Å². The Balaban J connectivity index is 1.84. The first-order valence-electron chi connectivity index (χ1n) is 6.75. The third-order valence-electron chi connectivity index (χ3n) is 3.58. The number of rotatable bonds is 2. The Morgan fingerprint density at radius 3 is 2.60 bits per heavy atom. The van der Waals surface area contributed by atoms with Crippen LogP contribution < -0.4 is 9.47 Å². The average Bonchev–Trinajstić information content (AvgIpc) is 2.46. The molecule has 0 aliphatic carbocycles. The van der Waals surface area contributed by atoms with Crippen LogP contribution in [-0.4, -0.2) is 12.7 Å². The minimum absolute atomic E-state index is 0.0219. The van der Waals surface area contributed by atoms with Gasteiger partial charge in [0.05, 0.1) is 4.83 Å².